The topological polar surface area (TPSA) is 55.1 Å². The first-order chi connectivity index (χ1) is 9.06. The van der Waals surface area contributed by atoms with Crippen LogP contribution in [0, 0.1) is 5.82 Å². The number of nitrogens with one attached hydrogen (secondary N) is 1. The molecule has 98 valence electrons. The maximum absolute atomic E-state index is 13.2. The molecule has 0 aliphatic heterocycles. The summed E-state index contributed by atoms with van der Waals surface area (Å²) >= 11 is 5.61. The first-order valence-electron chi connectivity index (χ1n) is 5.64. The van der Waals surface area contributed by atoms with Gasteiger partial charge in [0.2, 0.25) is 5.91 Å². The summed E-state index contributed by atoms with van der Waals surface area (Å²) in [6.07, 6.45) is 0. The summed E-state index contributed by atoms with van der Waals surface area (Å²) in [5.41, 5.74) is 7.19. The molecule has 2 rings (SSSR count). The van der Waals surface area contributed by atoms with E-state index in [2.05, 4.69) is 5.32 Å². The molecule has 0 aliphatic rings. The van der Waals surface area contributed by atoms with Crippen molar-refractivity contribution in [3.05, 3.63) is 64.4 Å². The van der Waals surface area contributed by atoms with Gasteiger partial charge in [-0.05, 0) is 42.0 Å². The summed E-state index contributed by atoms with van der Waals surface area (Å²) < 4.78 is 13.2. The third kappa shape index (κ3) is 3.45. The SMILES string of the molecule is NC(=O)c1ccc(NCc2ccc(Cl)c(F)c2)cc1. The lowest BCUT2D eigenvalue weighted by Crippen LogP contribution is -2.10. The largest absolute Gasteiger partial charge is 0.381 e. The van der Waals surface area contributed by atoms with Crippen LogP contribution in [0.15, 0.2) is 42.5 Å². The fourth-order valence-corrected chi connectivity index (χ4v) is 1.72. The predicted octanol–water partition coefficient (Wildman–Crippen LogP) is 3.19. The van der Waals surface area contributed by atoms with Crippen LogP contribution in [0.4, 0.5) is 10.1 Å². The first-order valence-corrected chi connectivity index (χ1v) is 6.02. The number of anilines is 1. The van der Waals surface area contributed by atoms with Crippen LogP contribution in [0.2, 0.25) is 5.02 Å². The minimum Gasteiger partial charge on any atom is -0.381 e. The van der Waals surface area contributed by atoms with Crippen LogP contribution in [0.5, 0.6) is 0 Å². The van der Waals surface area contributed by atoms with Gasteiger partial charge in [-0.15, -0.1) is 0 Å². The highest BCUT2D eigenvalue weighted by Crippen LogP contribution is 2.17. The zero-order valence-corrected chi connectivity index (χ0v) is 10.7. The molecule has 0 unspecified atom stereocenters. The fraction of sp³-hybridized carbons (Fsp3) is 0.0714. The minimum absolute atomic E-state index is 0.106. The fourth-order valence-electron chi connectivity index (χ4n) is 1.61. The van der Waals surface area contributed by atoms with Crippen molar-refractivity contribution in [1.29, 1.82) is 0 Å². The van der Waals surface area contributed by atoms with Crippen molar-refractivity contribution in [2.45, 2.75) is 6.54 Å². The molecule has 0 radical (unpaired) electrons. The van der Waals surface area contributed by atoms with Gasteiger partial charge in [-0.3, -0.25) is 4.79 Å². The second-order valence-corrected chi connectivity index (χ2v) is 4.45. The Morgan fingerprint density at radius 2 is 1.89 bits per heavy atom. The van der Waals surface area contributed by atoms with Crippen molar-refractivity contribution in [1.82, 2.24) is 0 Å². The molecule has 0 saturated carbocycles. The lowest BCUT2D eigenvalue weighted by Gasteiger charge is -2.07. The van der Waals surface area contributed by atoms with Crippen molar-refractivity contribution in [2.75, 3.05) is 5.32 Å². The highest BCUT2D eigenvalue weighted by atomic mass is 35.5. The number of carbonyl (C=O) groups excluding carboxylic acids is 1. The van der Waals surface area contributed by atoms with Crippen molar-refractivity contribution in [3.63, 3.8) is 0 Å². The van der Waals surface area contributed by atoms with Crippen molar-refractivity contribution >= 4 is 23.2 Å². The van der Waals surface area contributed by atoms with Gasteiger partial charge in [0, 0.05) is 17.8 Å². The molecule has 0 spiro atoms. The molecule has 1 amide bonds. The number of hydrogen-bond acceptors (Lipinski definition) is 2. The van der Waals surface area contributed by atoms with Gasteiger partial charge >= 0.3 is 0 Å². The van der Waals surface area contributed by atoms with Gasteiger partial charge in [0.25, 0.3) is 0 Å². The standard InChI is InChI=1S/C14H12ClFN2O/c15-12-6-1-9(7-13(12)16)8-18-11-4-2-10(3-5-11)14(17)19/h1-7,18H,8H2,(H2,17,19). The van der Waals surface area contributed by atoms with Gasteiger partial charge in [-0.25, -0.2) is 4.39 Å². The third-order valence-electron chi connectivity index (χ3n) is 2.65. The summed E-state index contributed by atoms with van der Waals surface area (Å²) in [5.74, 6) is -0.906. The Hall–Kier alpha value is -2.07. The van der Waals surface area contributed by atoms with Crippen LogP contribution in [-0.4, -0.2) is 5.91 Å². The second-order valence-electron chi connectivity index (χ2n) is 4.04. The molecule has 2 aromatic carbocycles. The van der Waals surface area contributed by atoms with E-state index in [0.717, 1.165) is 11.3 Å². The molecule has 2 aromatic rings. The van der Waals surface area contributed by atoms with Crippen LogP contribution in [0.3, 0.4) is 0 Å². The van der Waals surface area contributed by atoms with Crippen LogP contribution in [0.25, 0.3) is 0 Å². The summed E-state index contributed by atoms with van der Waals surface area (Å²) in [6, 6.07) is 11.4. The Labute approximate surface area is 115 Å². The zero-order valence-electron chi connectivity index (χ0n) is 9.99. The molecule has 0 bridgehead atoms. The van der Waals surface area contributed by atoms with E-state index >= 15 is 0 Å². The van der Waals surface area contributed by atoms with Crippen LogP contribution in [-0.2, 0) is 6.54 Å². The van der Waals surface area contributed by atoms with E-state index in [1.807, 2.05) is 0 Å². The number of carbonyl (C=O) groups is 1. The Kier molecular flexibility index (Phi) is 4.02. The molecule has 0 aliphatic carbocycles. The summed E-state index contributed by atoms with van der Waals surface area (Å²) in [5, 5.41) is 3.22. The lowest BCUT2D eigenvalue weighted by atomic mass is 10.2. The molecule has 0 saturated heterocycles. The Balaban J connectivity index is 2.01. The van der Waals surface area contributed by atoms with Crippen LogP contribution >= 0.6 is 11.6 Å². The van der Waals surface area contributed by atoms with E-state index in [9.17, 15) is 9.18 Å². The molecule has 3 nitrogen and oxygen atoms in total. The molecule has 0 aromatic heterocycles. The Morgan fingerprint density at radius 1 is 1.21 bits per heavy atom. The first kappa shape index (κ1) is 13.4. The molecule has 5 heteroatoms. The van der Waals surface area contributed by atoms with E-state index in [1.165, 1.54) is 12.1 Å². The minimum atomic E-state index is -0.466. The summed E-state index contributed by atoms with van der Waals surface area (Å²) in [7, 11) is 0. The van der Waals surface area contributed by atoms with Gasteiger partial charge < -0.3 is 11.1 Å². The zero-order chi connectivity index (χ0) is 13.8. The van der Waals surface area contributed by atoms with E-state index in [1.54, 1.807) is 30.3 Å². The molecule has 3 N–H and O–H groups in total. The smallest absolute Gasteiger partial charge is 0.248 e. The van der Waals surface area contributed by atoms with E-state index in [4.69, 9.17) is 17.3 Å². The second kappa shape index (κ2) is 5.71. The van der Waals surface area contributed by atoms with Gasteiger partial charge in [-0.2, -0.15) is 0 Å². The maximum atomic E-state index is 13.2. The molecular formula is C14H12ClFN2O. The van der Waals surface area contributed by atoms with Crippen LogP contribution < -0.4 is 11.1 Å². The van der Waals surface area contributed by atoms with E-state index < -0.39 is 11.7 Å². The van der Waals surface area contributed by atoms with Crippen LogP contribution in [0.1, 0.15) is 15.9 Å². The van der Waals surface area contributed by atoms with Gasteiger partial charge in [0.05, 0.1) is 5.02 Å². The number of benzene rings is 2. The summed E-state index contributed by atoms with van der Waals surface area (Å²) in [4.78, 5) is 10.9. The lowest BCUT2D eigenvalue weighted by molar-refractivity contribution is 0.100. The highest BCUT2D eigenvalue weighted by Gasteiger charge is 2.02. The third-order valence-corrected chi connectivity index (χ3v) is 2.96. The molecule has 19 heavy (non-hydrogen) atoms. The van der Waals surface area contributed by atoms with Crippen molar-refractivity contribution in [2.24, 2.45) is 5.73 Å². The molecule has 0 fully saturated rings. The van der Waals surface area contributed by atoms with E-state index in [0.29, 0.717) is 12.1 Å². The Bertz CT molecular complexity index is 599. The predicted molar refractivity (Wildman–Crippen MR) is 73.7 cm³/mol. The number of hydrogen-bond donors (Lipinski definition) is 2. The average Bonchev–Trinajstić information content (AvgIpc) is 2.40. The van der Waals surface area contributed by atoms with Gasteiger partial charge in [-0.1, -0.05) is 17.7 Å². The maximum Gasteiger partial charge on any atom is 0.248 e. The highest BCUT2D eigenvalue weighted by molar-refractivity contribution is 6.30. The number of rotatable bonds is 4. The normalized spacial score (nSPS) is 10.2. The van der Waals surface area contributed by atoms with E-state index in [-0.39, 0.29) is 5.02 Å². The van der Waals surface area contributed by atoms with Crippen molar-refractivity contribution in [3.8, 4) is 0 Å². The van der Waals surface area contributed by atoms with Crippen molar-refractivity contribution < 1.29 is 9.18 Å². The Morgan fingerprint density at radius 3 is 2.47 bits per heavy atom. The number of nitrogens with two attached hydrogens (primary N) is 1. The molecule has 0 heterocycles. The number of halogens is 2. The molecule has 0 atom stereocenters. The quantitative estimate of drug-likeness (QED) is 0.902. The number of amides is 1. The summed E-state index contributed by atoms with van der Waals surface area (Å²) in [6.45, 7) is 0.462. The monoisotopic (exact) mass is 278 g/mol. The molecular weight excluding hydrogens is 267 g/mol. The number of primary amides is 1. The van der Waals surface area contributed by atoms with Gasteiger partial charge in [0.15, 0.2) is 0 Å². The average molecular weight is 279 g/mol. The van der Waals surface area contributed by atoms with Gasteiger partial charge in [0.1, 0.15) is 5.82 Å².